The molecular weight excluding hydrogens is 290 g/mol. The van der Waals surface area contributed by atoms with Crippen molar-refractivity contribution in [1.29, 1.82) is 0 Å². The summed E-state index contributed by atoms with van der Waals surface area (Å²) < 4.78 is 3.76. The van der Waals surface area contributed by atoms with E-state index < -0.39 is 0 Å². The maximum atomic E-state index is 13.0. The van der Waals surface area contributed by atoms with E-state index in [4.69, 9.17) is 0 Å². The number of carbonyl (C=O) groups excluding carboxylic acids is 1. The van der Waals surface area contributed by atoms with Crippen molar-refractivity contribution in [2.45, 2.75) is 44.2 Å². The van der Waals surface area contributed by atoms with Crippen LogP contribution in [0.25, 0.3) is 0 Å². The lowest BCUT2D eigenvalue weighted by atomic mass is 10.0. The SMILES string of the molecule is Cn1cc([C@@H]2C[C@@H]2C(=O)N2CCCC[C@@H]2Cn2cccn2)cn1. The van der Waals surface area contributed by atoms with Gasteiger partial charge in [-0.05, 0) is 43.2 Å². The number of rotatable bonds is 4. The number of hydrogen-bond donors (Lipinski definition) is 0. The zero-order valence-electron chi connectivity index (χ0n) is 13.5. The second-order valence-electron chi connectivity index (χ2n) is 6.81. The molecule has 23 heavy (non-hydrogen) atoms. The van der Waals surface area contributed by atoms with Crippen LogP contribution in [0.1, 0.15) is 37.2 Å². The van der Waals surface area contributed by atoms with Crippen LogP contribution in [0.5, 0.6) is 0 Å². The lowest BCUT2D eigenvalue weighted by Crippen LogP contribution is -2.46. The van der Waals surface area contributed by atoms with Gasteiger partial charge >= 0.3 is 0 Å². The molecule has 2 fully saturated rings. The van der Waals surface area contributed by atoms with E-state index in [-0.39, 0.29) is 12.0 Å². The van der Waals surface area contributed by atoms with E-state index in [2.05, 4.69) is 15.1 Å². The second-order valence-corrected chi connectivity index (χ2v) is 6.81. The molecule has 6 heteroatoms. The molecule has 1 saturated heterocycles. The zero-order chi connectivity index (χ0) is 15.8. The Morgan fingerprint density at radius 3 is 3.00 bits per heavy atom. The molecule has 0 radical (unpaired) electrons. The number of carbonyl (C=O) groups is 1. The first-order valence-electron chi connectivity index (χ1n) is 8.49. The third-order valence-electron chi connectivity index (χ3n) is 5.13. The molecule has 6 nitrogen and oxygen atoms in total. The quantitative estimate of drug-likeness (QED) is 0.865. The summed E-state index contributed by atoms with van der Waals surface area (Å²) in [4.78, 5) is 15.1. The van der Waals surface area contributed by atoms with Crippen LogP contribution in [0.4, 0.5) is 0 Å². The summed E-state index contributed by atoms with van der Waals surface area (Å²) >= 11 is 0. The molecule has 3 atom stereocenters. The minimum atomic E-state index is 0.150. The minimum absolute atomic E-state index is 0.150. The van der Waals surface area contributed by atoms with E-state index in [1.807, 2.05) is 41.1 Å². The lowest BCUT2D eigenvalue weighted by Gasteiger charge is -2.36. The summed E-state index contributed by atoms with van der Waals surface area (Å²) in [7, 11) is 1.92. The first-order valence-corrected chi connectivity index (χ1v) is 8.49. The first kappa shape index (κ1) is 14.5. The molecule has 0 N–H and O–H groups in total. The fraction of sp³-hybridized carbons (Fsp3) is 0.588. The monoisotopic (exact) mass is 313 g/mol. The average Bonchev–Trinajstić information content (AvgIpc) is 2.96. The maximum Gasteiger partial charge on any atom is 0.226 e. The summed E-state index contributed by atoms with van der Waals surface area (Å²) in [6.07, 6.45) is 12.1. The molecule has 1 saturated carbocycles. The number of likely N-dealkylation sites (tertiary alicyclic amines) is 1. The molecule has 1 aliphatic carbocycles. The Kier molecular flexibility index (Phi) is 3.67. The van der Waals surface area contributed by atoms with Crippen molar-refractivity contribution in [3.05, 3.63) is 36.4 Å². The number of piperidine rings is 1. The van der Waals surface area contributed by atoms with Crippen molar-refractivity contribution in [3.8, 4) is 0 Å². The van der Waals surface area contributed by atoms with E-state index in [0.717, 1.165) is 32.4 Å². The highest BCUT2D eigenvalue weighted by Crippen LogP contribution is 2.48. The molecule has 0 aromatic carbocycles. The van der Waals surface area contributed by atoms with E-state index in [1.165, 1.54) is 12.0 Å². The molecule has 2 aliphatic rings. The van der Waals surface area contributed by atoms with Gasteiger partial charge < -0.3 is 4.90 Å². The molecule has 0 unspecified atom stereocenters. The van der Waals surface area contributed by atoms with E-state index in [0.29, 0.717) is 11.8 Å². The van der Waals surface area contributed by atoms with Gasteiger partial charge in [-0.3, -0.25) is 14.2 Å². The van der Waals surface area contributed by atoms with Gasteiger partial charge in [-0.15, -0.1) is 0 Å². The van der Waals surface area contributed by atoms with Crippen molar-refractivity contribution >= 4 is 5.91 Å². The largest absolute Gasteiger partial charge is 0.338 e. The third-order valence-corrected chi connectivity index (χ3v) is 5.13. The van der Waals surface area contributed by atoms with Gasteiger partial charge in [-0.2, -0.15) is 10.2 Å². The highest BCUT2D eigenvalue weighted by Gasteiger charge is 2.47. The Bertz CT molecular complexity index is 677. The number of amides is 1. The second kappa shape index (κ2) is 5.83. The number of aromatic nitrogens is 4. The molecule has 0 bridgehead atoms. The van der Waals surface area contributed by atoms with Gasteiger partial charge in [0.2, 0.25) is 5.91 Å². The summed E-state index contributed by atoms with van der Waals surface area (Å²) in [5.41, 5.74) is 1.20. The van der Waals surface area contributed by atoms with Gasteiger partial charge in [-0.25, -0.2) is 0 Å². The molecule has 0 spiro atoms. The Labute approximate surface area is 136 Å². The Morgan fingerprint density at radius 1 is 1.35 bits per heavy atom. The van der Waals surface area contributed by atoms with Crippen LogP contribution < -0.4 is 0 Å². The van der Waals surface area contributed by atoms with Gasteiger partial charge in [0.1, 0.15) is 0 Å². The molecule has 3 heterocycles. The van der Waals surface area contributed by atoms with Crippen LogP contribution in [0.15, 0.2) is 30.9 Å². The molecule has 122 valence electrons. The highest BCUT2D eigenvalue weighted by atomic mass is 16.2. The number of hydrogen-bond acceptors (Lipinski definition) is 3. The summed E-state index contributed by atoms with van der Waals surface area (Å²) in [6, 6.07) is 2.22. The molecule has 2 aromatic rings. The Morgan fingerprint density at radius 2 is 2.26 bits per heavy atom. The predicted octanol–water partition coefficient (Wildman–Crippen LogP) is 1.80. The van der Waals surface area contributed by atoms with Crippen molar-refractivity contribution in [2.24, 2.45) is 13.0 Å². The van der Waals surface area contributed by atoms with E-state index in [1.54, 1.807) is 6.20 Å². The van der Waals surface area contributed by atoms with Gasteiger partial charge in [0.25, 0.3) is 0 Å². The molecule has 1 aliphatic heterocycles. The maximum absolute atomic E-state index is 13.0. The van der Waals surface area contributed by atoms with Crippen LogP contribution in [-0.2, 0) is 18.4 Å². The van der Waals surface area contributed by atoms with Gasteiger partial charge in [-0.1, -0.05) is 0 Å². The highest BCUT2D eigenvalue weighted by molar-refractivity contribution is 5.83. The topological polar surface area (TPSA) is 56.0 Å². The fourth-order valence-corrected chi connectivity index (χ4v) is 3.79. The van der Waals surface area contributed by atoms with Gasteiger partial charge in [0, 0.05) is 38.1 Å². The predicted molar refractivity (Wildman–Crippen MR) is 85.6 cm³/mol. The van der Waals surface area contributed by atoms with Crippen LogP contribution in [0.3, 0.4) is 0 Å². The van der Waals surface area contributed by atoms with Crippen LogP contribution >= 0.6 is 0 Å². The van der Waals surface area contributed by atoms with Crippen molar-refractivity contribution in [3.63, 3.8) is 0 Å². The van der Waals surface area contributed by atoms with Crippen molar-refractivity contribution < 1.29 is 4.79 Å². The van der Waals surface area contributed by atoms with E-state index >= 15 is 0 Å². The number of aryl methyl sites for hydroxylation is 1. The normalized spacial score (nSPS) is 27.2. The Hall–Kier alpha value is -2.11. The Balaban J connectivity index is 1.44. The van der Waals surface area contributed by atoms with Crippen LogP contribution in [0, 0.1) is 5.92 Å². The average molecular weight is 313 g/mol. The lowest BCUT2D eigenvalue weighted by molar-refractivity contribution is -0.136. The molecular formula is C17H23N5O. The van der Waals surface area contributed by atoms with Crippen molar-refractivity contribution in [1.82, 2.24) is 24.5 Å². The third kappa shape index (κ3) is 2.90. The van der Waals surface area contributed by atoms with E-state index in [9.17, 15) is 4.79 Å². The molecule has 4 rings (SSSR count). The smallest absolute Gasteiger partial charge is 0.226 e. The summed E-state index contributed by atoms with van der Waals surface area (Å²) in [6.45, 7) is 1.70. The van der Waals surface area contributed by atoms with Gasteiger partial charge in [0.05, 0.1) is 18.8 Å². The van der Waals surface area contributed by atoms with Crippen LogP contribution in [-0.4, -0.2) is 43.0 Å². The number of nitrogens with zero attached hydrogens (tertiary/aromatic N) is 5. The van der Waals surface area contributed by atoms with Gasteiger partial charge in [0.15, 0.2) is 0 Å². The minimum Gasteiger partial charge on any atom is -0.338 e. The standard InChI is InChI=1S/C17H23N5O/c1-20-11-13(10-19-20)15-9-16(15)17(23)22-8-3-2-5-14(22)12-21-7-4-6-18-21/h4,6-7,10-11,14-16H,2-3,5,8-9,12H2,1H3/t14-,15+,16+/m1/s1. The van der Waals surface area contributed by atoms with Crippen LogP contribution in [0.2, 0.25) is 0 Å². The molecule has 1 amide bonds. The van der Waals surface area contributed by atoms with Crippen molar-refractivity contribution in [2.75, 3.05) is 6.54 Å². The molecule has 2 aromatic heterocycles. The summed E-state index contributed by atoms with van der Waals surface area (Å²) in [5, 5.41) is 8.53. The fourth-order valence-electron chi connectivity index (χ4n) is 3.79. The zero-order valence-corrected chi connectivity index (χ0v) is 13.5. The summed E-state index contributed by atoms with van der Waals surface area (Å²) in [5.74, 6) is 0.844. The first-order chi connectivity index (χ1) is 11.2.